The number of hydrogen-bond donors (Lipinski definition) is 1. The lowest BCUT2D eigenvalue weighted by Crippen LogP contribution is -2.43. The maximum atomic E-state index is 8.74. The Morgan fingerprint density at radius 2 is 2.11 bits per heavy atom. The van der Waals surface area contributed by atoms with E-state index in [-0.39, 0.29) is 5.60 Å². The van der Waals surface area contributed by atoms with Crippen molar-refractivity contribution in [1.82, 2.24) is 5.32 Å². The van der Waals surface area contributed by atoms with E-state index < -0.39 is 0 Å². The van der Waals surface area contributed by atoms with Crippen LogP contribution in [0.15, 0.2) is 24.3 Å². The molecule has 0 aromatic heterocycles. The first-order valence-corrected chi connectivity index (χ1v) is 6.45. The standard InChI is InChI=1S/C15H20N2O/c1-15(2)9-14(7-8-18-15)17-11-13-5-3-12(10-16)4-6-13/h3-6,14,17H,7-9,11H2,1-2H3. The summed E-state index contributed by atoms with van der Waals surface area (Å²) in [6.07, 6.45) is 2.11. The van der Waals surface area contributed by atoms with Crippen LogP contribution >= 0.6 is 0 Å². The summed E-state index contributed by atoms with van der Waals surface area (Å²) in [5, 5.41) is 12.3. The van der Waals surface area contributed by atoms with Crippen LogP contribution in [0.1, 0.15) is 37.8 Å². The summed E-state index contributed by atoms with van der Waals surface area (Å²) < 4.78 is 5.70. The van der Waals surface area contributed by atoms with Crippen LogP contribution in [0.5, 0.6) is 0 Å². The van der Waals surface area contributed by atoms with Gasteiger partial charge in [-0.25, -0.2) is 0 Å². The van der Waals surface area contributed by atoms with Gasteiger partial charge in [-0.05, 0) is 44.4 Å². The van der Waals surface area contributed by atoms with Crippen LogP contribution < -0.4 is 5.32 Å². The summed E-state index contributed by atoms with van der Waals surface area (Å²) in [5.74, 6) is 0. The average Bonchev–Trinajstić information content (AvgIpc) is 2.36. The lowest BCUT2D eigenvalue weighted by molar-refractivity contribution is -0.0630. The third-order valence-electron chi connectivity index (χ3n) is 3.37. The lowest BCUT2D eigenvalue weighted by atomic mass is 9.94. The minimum Gasteiger partial charge on any atom is -0.375 e. The molecule has 1 atom stereocenters. The Morgan fingerprint density at radius 3 is 2.72 bits per heavy atom. The van der Waals surface area contributed by atoms with Gasteiger partial charge >= 0.3 is 0 Å². The van der Waals surface area contributed by atoms with Crippen molar-refractivity contribution in [3.05, 3.63) is 35.4 Å². The van der Waals surface area contributed by atoms with Crippen LogP contribution in [0, 0.1) is 11.3 Å². The molecule has 0 bridgehead atoms. The molecule has 1 N–H and O–H groups in total. The van der Waals surface area contributed by atoms with Gasteiger partial charge in [0.1, 0.15) is 0 Å². The monoisotopic (exact) mass is 244 g/mol. The molecule has 0 saturated carbocycles. The minimum atomic E-state index is -0.0133. The second-order valence-corrected chi connectivity index (χ2v) is 5.49. The fraction of sp³-hybridized carbons (Fsp3) is 0.533. The lowest BCUT2D eigenvalue weighted by Gasteiger charge is -2.36. The van der Waals surface area contributed by atoms with E-state index in [4.69, 9.17) is 10.00 Å². The largest absolute Gasteiger partial charge is 0.375 e. The predicted molar refractivity (Wildman–Crippen MR) is 71.0 cm³/mol. The van der Waals surface area contributed by atoms with Crippen molar-refractivity contribution < 1.29 is 4.74 Å². The molecule has 1 aromatic rings. The van der Waals surface area contributed by atoms with Gasteiger partial charge in [-0.3, -0.25) is 0 Å². The summed E-state index contributed by atoms with van der Waals surface area (Å²) in [6, 6.07) is 10.4. The molecule has 1 heterocycles. The third kappa shape index (κ3) is 3.56. The smallest absolute Gasteiger partial charge is 0.0991 e. The molecule has 1 aliphatic heterocycles. The van der Waals surface area contributed by atoms with E-state index >= 15 is 0 Å². The van der Waals surface area contributed by atoms with Crippen LogP contribution in [-0.2, 0) is 11.3 Å². The normalized spacial score (nSPS) is 22.4. The SMILES string of the molecule is CC1(C)CC(NCc2ccc(C#N)cc2)CCO1. The highest BCUT2D eigenvalue weighted by molar-refractivity contribution is 5.31. The zero-order valence-corrected chi connectivity index (χ0v) is 11.1. The van der Waals surface area contributed by atoms with Gasteiger partial charge in [-0.1, -0.05) is 12.1 Å². The fourth-order valence-corrected chi connectivity index (χ4v) is 2.37. The fourth-order valence-electron chi connectivity index (χ4n) is 2.37. The van der Waals surface area contributed by atoms with E-state index in [1.165, 1.54) is 5.56 Å². The highest BCUT2D eigenvalue weighted by Gasteiger charge is 2.28. The van der Waals surface area contributed by atoms with Crippen molar-refractivity contribution >= 4 is 0 Å². The second-order valence-electron chi connectivity index (χ2n) is 5.49. The number of hydrogen-bond acceptors (Lipinski definition) is 3. The first-order valence-electron chi connectivity index (χ1n) is 6.45. The summed E-state index contributed by atoms with van der Waals surface area (Å²) in [7, 11) is 0. The molecule has 3 nitrogen and oxygen atoms in total. The van der Waals surface area contributed by atoms with Crippen LogP contribution in [0.4, 0.5) is 0 Å². The van der Waals surface area contributed by atoms with E-state index in [1.807, 2.05) is 24.3 Å². The zero-order chi connectivity index (χ0) is 13.0. The number of nitrogens with one attached hydrogen (secondary N) is 1. The van der Waals surface area contributed by atoms with Gasteiger partial charge < -0.3 is 10.1 Å². The van der Waals surface area contributed by atoms with E-state index in [0.29, 0.717) is 11.6 Å². The molecule has 18 heavy (non-hydrogen) atoms. The number of ether oxygens (including phenoxy) is 1. The van der Waals surface area contributed by atoms with E-state index in [0.717, 1.165) is 26.0 Å². The first-order chi connectivity index (χ1) is 8.59. The molecule has 1 fully saturated rings. The Hall–Kier alpha value is -1.37. The third-order valence-corrected chi connectivity index (χ3v) is 3.37. The first kappa shape index (κ1) is 13.1. The molecule has 2 rings (SSSR count). The summed E-state index contributed by atoms with van der Waals surface area (Å²) in [5.41, 5.74) is 1.92. The van der Waals surface area contributed by atoms with Crippen LogP contribution in [0.3, 0.4) is 0 Å². The number of benzene rings is 1. The summed E-state index contributed by atoms with van der Waals surface area (Å²) >= 11 is 0. The van der Waals surface area contributed by atoms with Crippen LogP contribution in [-0.4, -0.2) is 18.2 Å². The second kappa shape index (κ2) is 5.51. The molecule has 0 amide bonds. The van der Waals surface area contributed by atoms with Crippen molar-refractivity contribution in [2.24, 2.45) is 0 Å². The molecule has 96 valence electrons. The quantitative estimate of drug-likeness (QED) is 0.889. The van der Waals surface area contributed by atoms with Gasteiger partial charge in [0.05, 0.1) is 17.2 Å². The molecule has 1 saturated heterocycles. The molecule has 0 aliphatic carbocycles. The molecule has 0 radical (unpaired) electrons. The van der Waals surface area contributed by atoms with E-state index in [2.05, 4.69) is 25.2 Å². The molecule has 3 heteroatoms. The minimum absolute atomic E-state index is 0.0133. The molecule has 0 spiro atoms. The van der Waals surface area contributed by atoms with Crippen LogP contribution in [0.25, 0.3) is 0 Å². The number of nitrogens with zero attached hydrogens (tertiary/aromatic N) is 1. The van der Waals surface area contributed by atoms with Gasteiger partial charge in [0.15, 0.2) is 0 Å². The Labute approximate surface area is 109 Å². The Balaban J connectivity index is 1.85. The topological polar surface area (TPSA) is 45.0 Å². The van der Waals surface area contributed by atoms with Crippen molar-refractivity contribution in [3.8, 4) is 6.07 Å². The highest BCUT2D eigenvalue weighted by atomic mass is 16.5. The van der Waals surface area contributed by atoms with Gasteiger partial charge in [0.2, 0.25) is 0 Å². The number of rotatable bonds is 3. The summed E-state index contributed by atoms with van der Waals surface area (Å²) in [4.78, 5) is 0. The Kier molecular flexibility index (Phi) is 4.00. The van der Waals surface area contributed by atoms with E-state index in [1.54, 1.807) is 0 Å². The molecule has 1 aliphatic rings. The molecular weight excluding hydrogens is 224 g/mol. The van der Waals surface area contributed by atoms with Gasteiger partial charge in [0.25, 0.3) is 0 Å². The zero-order valence-electron chi connectivity index (χ0n) is 11.1. The average molecular weight is 244 g/mol. The van der Waals surface area contributed by atoms with Crippen molar-refractivity contribution in [1.29, 1.82) is 5.26 Å². The van der Waals surface area contributed by atoms with Crippen LogP contribution in [0.2, 0.25) is 0 Å². The Morgan fingerprint density at radius 1 is 1.39 bits per heavy atom. The molecule has 1 unspecified atom stereocenters. The van der Waals surface area contributed by atoms with Crippen molar-refractivity contribution in [2.45, 2.75) is 44.9 Å². The highest BCUT2D eigenvalue weighted by Crippen LogP contribution is 2.24. The Bertz CT molecular complexity index is 431. The van der Waals surface area contributed by atoms with Gasteiger partial charge in [-0.2, -0.15) is 5.26 Å². The summed E-state index contributed by atoms with van der Waals surface area (Å²) in [6.45, 7) is 5.97. The van der Waals surface area contributed by atoms with Gasteiger partial charge in [-0.15, -0.1) is 0 Å². The van der Waals surface area contributed by atoms with Crippen molar-refractivity contribution in [2.75, 3.05) is 6.61 Å². The maximum Gasteiger partial charge on any atom is 0.0991 e. The molecule has 1 aromatic carbocycles. The number of nitriles is 1. The van der Waals surface area contributed by atoms with Crippen molar-refractivity contribution in [3.63, 3.8) is 0 Å². The molecular formula is C15H20N2O. The predicted octanol–water partition coefficient (Wildman–Crippen LogP) is 2.61. The maximum absolute atomic E-state index is 8.74. The van der Waals surface area contributed by atoms with Gasteiger partial charge in [0, 0.05) is 19.2 Å². The van der Waals surface area contributed by atoms with E-state index in [9.17, 15) is 0 Å².